The van der Waals surface area contributed by atoms with Crippen LogP contribution in [0.4, 0.5) is 11.4 Å². The molecule has 4 N–H and O–H groups in total. The zero-order valence-electron chi connectivity index (χ0n) is 9.15. The molecule has 0 atom stereocenters. The Kier molecular flexibility index (Phi) is 3.01. The van der Waals surface area contributed by atoms with Gasteiger partial charge in [-0.1, -0.05) is 0 Å². The van der Waals surface area contributed by atoms with Gasteiger partial charge in [-0.2, -0.15) is 10.2 Å². The van der Waals surface area contributed by atoms with Gasteiger partial charge >= 0.3 is 0 Å². The lowest BCUT2D eigenvalue weighted by Crippen LogP contribution is -1.69. The molecule has 0 bridgehead atoms. The zero-order valence-corrected chi connectivity index (χ0v) is 9.15. The minimum absolute atomic E-state index is 0.136. The molecule has 0 amide bonds. The molecule has 0 saturated carbocycles. The second kappa shape index (κ2) is 4.62. The van der Waals surface area contributed by atoms with E-state index < -0.39 is 0 Å². The van der Waals surface area contributed by atoms with Crippen molar-refractivity contribution in [3.63, 3.8) is 0 Å². The molecule has 0 unspecified atom stereocenters. The van der Waals surface area contributed by atoms with Crippen LogP contribution in [0.1, 0.15) is 0 Å². The highest BCUT2D eigenvalue weighted by Crippen LogP contribution is 2.30. The number of nitrogens with zero attached hydrogens (tertiary/aromatic N) is 2. The SMILES string of the molecule is Oc1cc(O)cc(/N=N/c2cc(O)cc(O)c2)c1. The lowest BCUT2D eigenvalue weighted by Gasteiger charge is -1.98. The third-order valence-electron chi connectivity index (χ3n) is 2.06. The molecule has 0 heterocycles. The molecule has 0 aromatic heterocycles. The average Bonchev–Trinajstić information content (AvgIpc) is 2.23. The summed E-state index contributed by atoms with van der Waals surface area (Å²) in [4.78, 5) is 0. The normalized spacial score (nSPS) is 10.9. The van der Waals surface area contributed by atoms with Gasteiger partial charge in [0.25, 0.3) is 0 Å². The third-order valence-corrected chi connectivity index (χ3v) is 2.06. The molecule has 6 heteroatoms. The molecule has 0 aliphatic heterocycles. The van der Waals surface area contributed by atoms with Crippen molar-refractivity contribution in [1.29, 1.82) is 0 Å². The number of phenolic OH excluding ortho intramolecular Hbond substituents is 4. The Balaban J connectivity index is 2.29. The number of aromatic hydroxyl groups is 4. The van der Waals surface area contributed by atoms with Crippen LogP contribution < -0.4 is 0 Å². The standard InChI is InChI=1S/C12H10N2O4/c15-9-1-7(2-10(16)5-9)13-14-8-3-11(17)6-12(18)4-8/h1-6,15-18H/b14-13+. The maximum absolute atomic E-state index is 9.24. The molecule has 2 aromatic rings. The fraction of sp³-hybridized carbons (Fsp3) is 0. The summed E-state index contributed by atoms with van der Waals surface area (Å²) in [5.41, 5.74) is 0.491. The van der Waals surface area contributed by atoms with Gasteiger partial charge in [-0.05, 0) is 0 Å². The second-order valence-electron chi connectivity index (χ2n) is 3.62. The van der Waals surface area contributed by atoms with E-state index in [9.17, 15) is 20.4 Å². The van der Waals surface area contributed by atoms with Gasteiger partial charge < -0.3 is 20.4 Å². The molecule has 0 saturated heterocycles. The van der Waals surface area contributed by atoms with Crippen molar-refractivity contribution in [2.45, 2.75) is 0 Å². The number of hydrogen-bond donors (Lipinski definition) is 4. The van der Waals surface area contributed by atoms with E-state index in [2.05, 4.69) is 10.2 Å². The van der Waals surface area contributed by atoms with Crippen LogP contribution in [0.25, 0.3) is 0 Å². The second-order valence-corrected chi connectivity index (χ2v) is 3.62. The van der Waals surface area contributed by atoms with Crippen LogP contribution in [-0.2, 0) is 0 Å². The molecule has 0 radical (unpaired) electrons. The highest BCUT2D eigenvalue weighted by molar-refractivity contribution is 5.51. The van der Waals surface area contributed by atoms with Crippen LogP contribution in [0, 0.1) is 0 Å². The highest BCUT2D eigenvalue weighted by atomic mass is 16.3. The van der Waals surface area contributed by atoms with E-state index >= 15 is 0 Å². The first kappa shape index (κ1) is 11.7. The van der Waals surface area contributed by atoms with Crippen LogP contribution in [0.15, 0.2) is 46.6 Å². The summed E-state index contributed by atoms with van der Waals surface area (Å²) in [7, 11) is 0. The molecule has 0 spiro atoms. The molecular weight excluding hydrogens is 236 g/mol. The molecule has 6 nitrogen and oxygen atoms in total. The van der Waals surface area contributed by atoms with Gasteiger partial charge in [-0.15, -0.1) is 0 Å². The van der Waals surface area contributed by atoms with E-state index in [0.29, 0.717) is 0 Å². The highest BCUT2D eigenvalue weighted by Gasteiger charge is 2.00. The van der Waals surface area contributed by atoms with Crippen molar-refractivity contribution in [2.75, 3.05) is 0 Å². The summed E-state index contributed by atoms with van der Waals surface area (Å²) in [5, 5.41) is 44.5. The Morgan fingerprint density at radius 3 is 1.06 bits per heavy atom. The van der Waals surface area contributed by atoms with Gasteiger partial charge in [-0.25, -0.2) is 0 Å². The fourth-order valence-corrected chi connectivity index (χ4v) is 1.39. The van der Waals surface area contributed by atoms with Crippen molar-refractivity contribution in [2.24, 2.45) is 10.2 Å². The van der Waals surface area contributed by atoms with Gasteiger partial charge in [0.2, 0.25) is 0 Å². The molecular formula is C12H10N2O4. The van der Waals surface area contributed by atoms with Gasteiger partial charge in [0.05, 0.1) is 11.4 Å². The molecule has 0 fully saturated rings. The zero-order chi connectivity index (χ0) is 13.1. The fourth-order valence-electron chi connectivity index (χ4n) is 1.39. The largest absolute Gasteiger partial charge is 0.508 e. The van der Waals surface area contributed by atoms with Gasteiger partial charge in [0, 0.05) is 36.4 Å². The van der Waals surface area contributed by atoms with Crippen LogP contribution in [0.2, 0.25) is 0 Å². The summed E-state index contributed by atoms with van der Waals surface area (Å²) in [6, 6.07) is 7.58. The van der Waals surface area contributed by atoms with E-state index in [4.69, 9.17) is 0 Å². The van der Waals surface area contributed by atoms with Crippen LogP contribution in [-0.4, -0.2) is 20.4 Å². The molecule has 2 rings (SSSR count). The molecule has 0 aliphatic rings. The first-order valence-corrected chi connectivity index (χ1v) is 5.01. The molecule has 92 valence electrons. The smallest absolute Gasteiger partial charge is 0.121 e. The molecule has 0 aliphatic carbocycles. The van der Waals surface area contributed by atoms with Gasteiger partial charge in [0.15, 0.2) is 0 Å². The van der Waals surface area contributed by atoms with E-state index in [1.807, 2.05) is 0 Å². The average molecular weight is 246 g/mol. The van der Waals surface area contributed by atoms with Crippen molar-refractivity contribution < 1.29 is 20.4 Å². The Hall–Kier alpha value is -2.76. The van der Waals surface area contributed by atoms with Crippen LogP contribution >= 0.6 is 0 Å². The predicted octanol–water partition coefficient (Wildman–Crippen LogP) is 2.92. The minimum atomic E-state index is -0.136. The summed E-state index contributed by atoms with van der Waals surface area (Å²) in [6.45, 7) is 0. The van der Waals surface area contributed by atoms with E-state index in [1.54, 1.807) is 0 Å². The number of phenols is 4. The van der Waals surface area contributed by atoms with Crippen molar-refractivity contribution in [1.82, 2.24) is 0 Å². The number of hydrogen-bond acceptors (Lipinski definition) is 6. The van der Waals surface area contributed by atoms with Gasteiger partial charge in [0.1, 0.15) is 23.0 Å². The maximum atomic E-state index is 9.24. The van der Waals surface area contributed by atoms with Crippen molar-refractivity contribution in [3.8, 4) is 23.0 Å². The predicted molar refractivity (Wildman–Crippen MR) is 63.7 cm³/mol. The number of azo groups is 1. The topological polar surface area (TPSA) is 106 Å². The molecule has 18 heavy (non-hydrogen) atoms. The summed E-state index contributed by atoms with van der Waals surface area (Å²) >= 11 is 0. The lowest BCUT2D eigenvalue weighted by atomic mass is 10.3. The Bertz CT molecular complexity index is 517. The van der Waals surface area contributed by atoms with Crippen LogP contribution in [0.3, 0.4) is 0 Å². The third kappa shape index (κ3) is 2.88. The lowest BCUT2D eigenvalue weighted by molar-refractivity contribution is 0.449. The van der Waals surface area contributed by atoms with E-state index in [1.165, 1.54) is 36.4 Å². The minimum Gasteiger partial charge on any atom is -0.508 e. The van der Waals surface area contributed by atoms with Crippen molar-refractivity contribution in [3.05, 3.63) is 36.4 Å². The summed E-state index contributed by atoms with van der Waals surface area (Å²) in [6.07, 6.45) is 0. The summed E-state index contributed by atoms with van der Waals surface area (Å²) < 4.78 is 0. The van der Waals surface area contributed by atoms with Gasteiger partial charge in [-0.3, -0.25) is 0 Å². The Labute approximate surface area is 102 Å². The quantitative estimate of drug-likeness (QED) is 0.611. The van der Waals surface area contributed by atoms with Crippen LogP contribution in [0.5, 0.6) is 23.0 Å². The van der Waals surface area contributed by atoms with E-state index in [0.717, 1.165) is 0 Å². The van der Waals surface area contributed by atoms with Crippen molar-refractivity contribution >= 4 is 11.4 Å². The number of benzene rings is 2. The Morgan fingerprint density at radius 2 is 0.778 bits per heavy atom. The summed E-state index contributed by atoms with van der Waals surface area (Å²) in [5.74, 6) is -0.546. The Morgan fingerprint density at radius 1 is 0.500 bits per heavy atom. The first-order chi connectivity index (χ1) is 8.52. The monoisotopic (exact) mass is 246 g/mol. The maximum Gasteiger partial charge on any atom is 0.121 e. The molecule has 2 aromatic carbocycles. The first-order valence-electron chi connectivity index (χ1n) is 5.01. The number of rotatable bonds is 2. The van der Waals surface area contributed by atoms with E-state index in [-0.39, 0.29) is 34.4 Å².